The highest BCUT2D eigenvalue weighted by atomic mass is 16.5. The summed E-state index contributed by atoms with van der Waals surface area (Å²) in [4.78, 5) is 0. The number of ether oxygens (including phenoxy) is 1. The number of hydrogen-bond acceptors (Lipinski definition) is 2. The van der Waals surface area contributed by atoms with Gasteiger partial charge in [0.15, 0.2) is 0 Å². The fourth-order valence-electron chi connectivity index (χ4n) is 2.45. The van der Waals surface area contributed by atoms with Gasteiger partial charge in [0.2, 0.25) is 0 Å². The number of rotatable bonds is 6. The minimum Gasteiger partial charge on any atom is -0.384 e. The minimum absolute atomic E-state index is 0.804. The lowest BCUT2D eigenvalue weighted by Gasteiger charge is -2.31. The van der Waals surface area contributed by atoms with E-state index in [0.29, 0.717) is 0 Å². The molecule has 1 N–H and O–H groups in total. The number of hydrogen-bond donors (Lipinski definition) is 1. The maximum absolute atomic E-state index is 5.29. The van der Waals surface area contributed by atoms with Gasteiger partial charge in [-0.1, -0.05) is 19.8 Å². The summed E-state index contributed by atoms with van der Waals surface area (Å²) < 4.78 is 5.29. The van der Waals surface area contributed by atoms with Crippen molar-refractivity contribution in [2.75, 3.05) is 26.8 Å². The van der Waals surface area contributed by atoms with Crippen LogP contribution in [0.4, 0.5) is 0 Å². The van der Waals surface area contributed by atoms with Gasteiger partial charge in [-0.2, -0.15) is 0 Å². The van der Waals surface area contributed by atoms with Crippen molar-refractivity contribution in [2.24, 2.45) is 11.8 Å². The van der Waals surface area contributed by atoms with Crippen LogP contribution in [0, 0.1) is 11.8 Å². The Balaban J connectivity index is 2.22. The number of methoxy groups -OCH3 is 1. The summed E-state index contributed by atoms with van der Waals surface area (Å²) in [5.41, 5.74) is 0. The van der Waals surface area contributed by atoms with Crippen LogP contribution in [0.2, 0.25) is 0 Å². The SMILES string of the molecule is CCCNCC1CCCCC1COC. The molecular weight excluding hydrogens is 174 g/mol. The first kappa shape index (κ1) is 12.0. The predicted molar refractivity (Wildman–Crippen MR) is 60.5 cm³/mol. The van der Waals surface area contributed by atoms with Gasteiger partial charge in [-0.25, -0.2) is 0 Å². The minimum atomic E-state index is 0.804. The van der Waals surface area contributed by atoms with E-state index >= 15 is 0 Å². The lowest BCUT2D eigenvalue weighted by Crippen LogP contribution is -2.33. The molecule has 2 heteroatoms. The third-order valence-electron chi connectivity index (χ3n) is 3.28. The summed E-state index contributed by atoms with van der Waals surface area (Å²) in [6.07, 6.45) is 6.82. The Labute approximate surface area is 88.4 Å². The lowest BCUT2D eigenvalue weighted by molar-refractivity contribution is 0.0936. The first-order valence-electron chi connectivity index (χ1n) is 6.08. The molecule has 84 valence electrons. The number of nitrogens with one attached hydrogen (secondary N) is 1. The maximum atomic E-state index is 5.29. The van der Waals surface area contributed by atoms with Crippen molar-refractivity contribution in [2.45, 2.75) is 39.0 Å². The largest absolute Gasteiger partial charge is 0.384 e. The average molecular weight is 199 g/mol. The Hall–Kier alpha value is -0.0800. The van der Waals surface area contributed by atoms with E-state index in [1.807, 2.05) is 7.11 Å². The Morgan fingerprint density at radius 1 is 1.21 bits per heavy atom. The van der Waals surface area contributed by atoms with Gasteiger partial charge in [-0.15, -0.1) is 0 Å². The highest BCUT2D eigenvalue weighted by Crippen LogP contribution is 2.29. The summed E-state index contributed by atoms with van der Waals surface area (Å²) in [5, 5.41) is 3.54. The Kier molecular flexibility index (Phi) is 6.20. The van der Waals surface area contributed by atoms with E-state index in [1.165, 1.54) is 38.6 Å². The quantitative estimate of drug-likeness (QED) is 0.663. The molecule has 0 amide bonds. The van der Waals surface area contributed by atoms with E-state index in [0.717, 1.165) is 25.0 Å². The summed E-state index contributed by atoms with van der Waals surface area (Å²) in [7, 11) is 1.82. The van der Waals surface area contributed by atoms with Crippen molar-refractivity contribution in [3.63, 3.8) is 0 Å². The van der Waals surface area contributed by atoms with Gasteiger partial charge in [-0.3, -0.25) is 0 Å². The zero-order valence-corrected chi connectivity index (χ0v) is 9.72. The Morgan fingerprint density at radius 3 is 2.57 bits per heavy atom. The lowest BCUT2D eigenvalue weighted by atomic mass is 9.79. The van der Waals surface area contributed by atoms with Gasteiger partial charge >= 0.3 is 0 Å². The van der Waals surface area contributed by atoms with E-state index in [1.54, 1.807) is 0 Å². The average Bonchev–Trinajstić information content (AvgIpc) is 2.21. The molecule has 0 bridgehead atoms. The van der Waals surface area contributed by atoms with E-state index in [2.05, 4.69) is 12.2 Å². The molecule has 1 fully saturated rings. The van der Waals surface area contributed by atoms with Gasteiger partial charge in [0.1, 0.15) is 0 Å². The molecule has 2 nitrogen and oxygen atoms in total. The van der Waals surface area contributed by atoms with Crippen LogP contribution >= 0.6 is 0 Å². The van der Waals surface area contributed by atoms with Crippen LogP contribution in [0.1, 0.15) is 39.0 Å². The van der Waals surface area contributed by atoms with Crippen LogP contribution in [-0.2, 0) is 4.74 Å². The van der Waals surface area contributed by atoms with Crippen LogP contribution in [0.25, 0.3) is 0 Å². The monoisotopic (exact) mass is 199 g/mol. The second-order valence-electron chi connectivity index (χ2n) is 4.46. The van der Waals surface area contributed by atoms with Crippen molar-refractivity contribution in [1.82, 2.24) is 5.32 Å². The summed E-state index contributed by atoms with van der Waals surface area (Å²) in [5.74, 6) is 1.66. The second kappa shape index (κ2) is 7.24. The normalized spacial score (nSPS) is 27.9. The molecule has 0 aliphatic heterocycles. The van der Waals surface area contributed by atoms with Crippen molar-refractivity contribution in [1.29, 1.82) is 0 Å². The van der Waals surface area contributed by atoms with E-state index in [9.17, 15) is 0 Å². The van der Waals surface area contributed by atoms with E-state index < -0.39 is 0 Å². The van der Waals surface area contributed by atoms with Gasteiger partial charge in [0, 0.05) is 13.7 Å². The van der Waals surface area contributed by atoms with Crippen LogP contribution < -0.4 is 5.32 Å². The third kappa shape index (κ3) is 3.97. The second-order valence-corrected chi connectivity index (χ2v) is 4.46. The topological polar surface area (TPSA) is 21.3 Å². The van der Waals surface area contributed by atoms with Crippen LogP contribution in [0.3, 0.4) is 0 Å². The molecule has 1 aliphatic rings. The van der Waals surface area contributed by atoms with Crippen LogP contribution in [0.15, 0.2) is 0 Å². The summed E-state index contributed by atoms with van der Waals surface area (Å²) in [6.45, 7) is 5.54. The Morgan fingerprint density at radius 2 is 1.93 bits per heavy atom. The van der Waals surface area contributed by atoms with Crippen molar-refractivity contribution in [3.05, 3.63) is 0 Å². The van der Waals surface area contributed by atoms with E-state index in [-0.39, 0.29) is 0 Å². The molecule has 1 rings (SSSR count). The third-order valence-corrected chi connectivity index (χ3v) is 3.28. The molecule has 0 radical (unpaired) electrons. The highest BCUT2D eigenvalue weighted by Gasteiger charge is 2.24. The van der Waals surface area contributed by atoms with Gasteiger partial charge < -0.3 is 10.1 Å². The smallest absolute Gasteiger partial charge is 0.0493 e. The molecule has 0 aromatic carbocycles. The molecule has 2 unspecified atom stereocenters. The summed E-state index contributed by atoms with van der Waals surface area (Å²) in [6, 6.07) is 0. The molecular formula is C12H25NO. The predicted octanol–water partition coefficient (Wildman–Crippen LogP) is 2.44. The molecule has 1 saturated carbocycles. The van der Waals surface area contributed by atoms with Crippen LogP contribution in [0.5, 0.6) is 0 Å². The molecule has 0 aromatic rings. The first-order valence-corrected chi connectivity index (χ1v) is 6.08. The highest BCUT2D eigenvalue weighted by molar-refractivity contribution is 4.76. The molecule has 0 heterocycles. The molecule has 14 heavy (non-hydrogen) atoms. The molecule has 2 atom stereocenters. The standard InChI is InChI=1S/C12H25NO/c1-3-8-13-9-11-6-4-5-7-12(11)10-14-2/h11-13H,3-10H2,1-2H3. The molecule has 1 aliphatic carbocycles. The Bertz CT molecular complexity index is 136. The van der Waals surface area contributed by atoms with Gasteiger partial charge in [-0.05, 0) is 44.2 Å². The van der Waals surface area contributed by atoms with Crippen molar-refractivity contribution in [3.8, 4) is 0 Å². The van der Waals surface area contributed by atoms with Crippen LogP contribution in [-0.4, -0.2) is 26.8 Å². The fraction of sp³-hybridized carbons (Fsp3) is 1.00. The maximum Gasteiger partial charge on any atom is 0.0493 e. The zero-order chi connectivity index (χ0) is 10.2. The fourth-order valence-corrected chi connectivity index (χ4v) is 2.45. The first-order chi connectivity index (χ1) is 6.88. The van der Waals surface area contributed by atoms with Gasteiger partial charge in [0.25, 0.3) is 0 Å². The van der Waals surface area contributed by atoms with E-state index in [4.69, 9.17) is 4.74 Å². The van der Waals surface area contributed by atoms with Crippen molar-refractivity contribution < 1.29 is 4.74 Å². The van der Waals surface area contributed by atoms with Gasteiger partial charge in [0.05, 0.1) is 0 Å². The van der Waals surface area contributed by atoms with Crippen molar-refractivity contribution >= 4 is 0 Å². The zero-order valence-electron chi connectivity index (χ0n) is 9.72. The molecule has 0 aromatic heterocycles. The molecule has 0 spiro atoms. The molecule has 0 saturated heterocycles. The summed E-state index contributed by atoms with van der Waals surface area (Å²) >= 11 is 0.